The summed E-state index contributed by atoms with van der Waals surface area (Å²) in [7, 11) is 0. The normalized spacial score (nSPS) is 14.2. The molecule has 4 aromatic rings. The van der Waals surface area contributed by atoms with Gasteiger partial charge in [0.1, 0.15) is 11.5 Å². The number of aromatic nitrogens is 5. The first kappa shape index (κ1) is 20.2. The van der Waals surface area contributed by atoms with Gasteiger partial charge in [-0.3, -0.25) is 4.90 Å². The Hall–Kier alpha value is -3.72. The van der Waals surface area contributed by atoms with Gasteiger partial charge in [-0.2, -0.15) is 4.68 Å². The molecule has 1 saturated heterocycles. The lowest BCUT2D eigenvalue weighted by Crippen LogP contribution is -2.18. The number of nitrogens with zero attached hydrogens (tertiary/aromatic N) is 6. The molecule has 1 aliphatic rings. The van der Waals surface area contributed by atoms with Crippen LogP contribution in [0.2, 0.25) is 0 Å². The summed E-state index contributed by atoms with van der Waals surface area (Å²) in [6.45, 7) is 3.24. The van der Waals surface area contributed by atoms with Gasteiger partial charge in [-0.15, -0.1) is 5.10 Å². The van der Waals surface area contributed by atoms with Crippen LogP contribution in [-0.4, -0.2) is 43.2 Å². The van der Waals surface area contributed by atoms with E-state index in [1.807, 2.05) is 12.1 Å². The van der Waals surface area contributed by atoms with Crippen LogP contribution in [0.4, 0.5) is 14.6 Å². The predicted molar refractivity (Wildman–Crippen MR) is 117 cm³/mol. The van der Waals surface area contributed by atoms with E-state index in [-0.39, 0.29) is 17.2 Å². The number of rotatable bonds is 5. The zero-order chi connectivity index (χ0) is 22.1. The van der Waals surface area contributed by atoms with Gasteiger partial charge >= 0.3 is 0 Å². The molecule has 1 fully saturated rings. The molecule has 0 radical (unpaired) electrons. The molecule has 3 heterocycles. The highest BCUT2D eigenvalue weighted by atomic mass is 19.2. The highest BCUT2D eigenvalue weighted by Crippen LogP contribution is 2.29. The lowest BCUT2D eigenvalue weighted by atomic mass is 10.0. The maximum absolute atomic E-state index is 14.4. The monoisotopic (exact) mass is 433 g/mol. The molecule has 32 heavy (non-hydrogen) atoms. The van der Waals surface area contributed by atoms with Crippen LogP contribution in [0.15, 0.2) is 54.7 Å². The van der Waals surface area contributed by atoms with E-state index in [9.17, 15) is 8.78 Å². The van der Waals surface area contributed by atoms with Gasteiger partial charge in [-0.1, -0.05) is 30.3 Å². The minimum absolute atomic E-state index is 0.0358. The van der Waals surface area contributed by atoms with Crippen molar-refractivity contribution in [2.75, 3.05) is 18.8 Å². The van der Waals surface area contributed by atoms with Crippen molar-refractivity contribution in [2.45, 2.75) is 19.4 Å². The first-order valence-electron chi connectivity index (χ1n) is 10.4. The lowest BCUT2D eigenvalue weighted by molar-refractivity contribution is 0.331. The summed E-state index contributed by atoms with van der Waals surface area (Å²) in [5.41, 5.74) is 9.42. The van der Waals surface area contributed by atoms with E-state index in [1.54, 1.807) is 12.3 Å². The molecular weight excluding hydrogens is 412 g/mol. The van der Waals surface area contributed by atoms with Crippen LogP contribution in [0.5, 0.6) is 0 Å². The van der Waals surface area contributed by atoms with E-state index < -0.39 is 11.6 Å². The molecule has 2 N–H and O–H groups in total. The molecule has 0 aliphatic carbocycles. The number of halogens is 2. The quantitative estimate of drug-likeness (QED) is 0.515. The first-order chi connectivity index (χ1) is 15.6. The molecule has 0 spiro atoms. The molecule has 2 aromatic carbocycles. The van der Waals surface area contributed by atoms with Crippen molar-refractivity contribution in [1.82, 2.24) is 30.1 Å². The number of tetrazole rings is 1. The summed E-state index contributed by atoms with van der Waals surface area (Å²) in [4.78, 5) is 6.72. The molecule has 5 rings (SSSR count). The Morgan fingerprint density at radius 2 is 1.75 bits per heavy atom. The van der Waals surface area contributed by atoms with Gasteiger partial charge < -0.3 is 5.73 Å². The van der Waals surface area contributed by atoms with E-state index in [4.69, 9.17) is 5.73 Å². The van der Waals surface area contributed by atoms with Crippen molar-refractivity contribution in [3.05, 3.63) is 71.9 Å². The van der Waals surface area contributed by atoms with Gasteiger partial charge in [0.05, 0.1) is 5.56 Å². The molecule has 1 aliphatic heterocycles. The average Bonchev–Trinajstić information content (AvgIpc) is 3.49. The Kier molecular flexibility index (Phi) is 5.32. The Morgan fingerprint density at radius 3 is 2.53 bits per heavy atom. The van der Waals surface area contributed by atoms with Crippen molar-refractivity contribution in [3.63, 3.8) is 0 Å². The summed E-state index contributed by atoms with van der Waals surface area (Å²) in [5.74, 6) is -1.80. The second kappa shape index (κ2) is 8.43. The SMILES string of the molecule is Nc1ncc(-c2ccc(CN3CCCC3)cc2)cc1-n1nnnc1-c1cccc(F)c1F. The minimum Gasteiger partial charge on any atom is -0.382 e. The highest BCUT2D eigenvalue weighted by molar-refractivity contribution is 5.70. The fourth-order valence-electron chi connectivity index (χ4n) is 3.99. The van der Waals surface area contributed by atoms with Crippen molar-refractivity contribution in [3.8, 4) is 28.2 Å². The van der Waals surface area contributed by atoms with Gasteiger partial charge in [-0.05, 0) is 65.7 Å². The molecular formula is C23H21F2N7. The number of benzene rings is 2. The topological polar surface area (TPSA) is 85.8 Å². The van der Waals surface area contributed by atoms with Crippen LogP contribution in [0.3, 0.4) is 0 Å². The first-order valence-corrected chi connectivity index (χ1v) is 10.4. The minimum atomic E-state index is -1.03. The summed E-state index contributed by atoms with van der Waals surface area (Å²) < 4.78 is 29.4. The number of nitrogen functional groups attached to an aromatic ring is 1. The van der Waals surface area contributed by atoms with E-state index in [1.165, 1.54) is 35.2 Å². The Labute approximate surface area is 183 Å². The zero-order valence-corrected chi connectivity index (χ0v) is 17.2. The third-order valence-electron chi connectivity index (χ3n) is 5.68. The van der Waals surface area contributed by atoms with Crippen molar-refractivity contribution in [1.29, 1.82) is 0 Å². The summed E-state index contributed by atoms with van der Waals surface area (Å²) in [6.07, 6.45) is 4.19. The molecule has 0 atom stereocenters. The van der Waals surface area contributed by atoms with Crippen molar-refractivity contribution >= 4 is 5.82 Å². The second-order valence-corrected chi connectivity index (χ2v) is 7.82. The summed E-state index contributed by atoms with van der Waals surface area (Å²) in [5, 5.41) is 11.5. The van der Waals surface area contributed by atoms with Crippen LogP contribution >= 0.6 is 0 Å². The maximum atomic E-state index is 14.4. The standard InChI is InChI=1S/C23H21F2N7/c24-19-5-3-4-18(21(19)25)23-28-29-30-32(23)20-12-17(13-27-22(20)26)16-8-6-15(7-9-16)14-31-10-1-2-11-31/h3-9,12-13H,1-2,10-11,14H2,(H2,26,27). The van der Waals surface area contributed by atoms with Gasteiger partial charge in [0.15, 0.2) is 17.5 Å². The number of pyridine rings is 1. The van der Waals surface area contributed by atoms with Crippen molar-refractivity contribution < 1.29 is 8.78 Å². The Balaban J connectivity index is 1.48. The fourth-order valence-corrected chi connectivity index (χ4v) is 3.99. The van der Waals surface area contributed by atoms with E-state index >= 15 is 0 Å². The summed E-state index contributed by atoms with van der Waals surface area (Å²) >= 11 is 0. The Morgan fingerprint density at radius 1 is 0.969 bits per heavy atom. The van der Waals surface area contributed by atoms with Gasteiger partial charge in [0.25, 0.3) is 0 Å². The molecule has 2 aromatic heterocycles. The number of likely N-dealkylation sites (tertiary alicyclic amines) is 1. The zero-order valence-electron chi connectivity index (χ0n) is 17.2. The Bertz CT molecular complexity index is 1250. The van der Waals surface area contributed by atoms with E-state index in [0.29, 0.717) is 5.69 Å². The summed E-state index contributed by atoms with van der Waals surface area (Å²) in [6, 6.07) is 13.9. The molecule has 0 bridgehead atoms. The van der Waals surface area contributed by atoms with E-state index in [0.717, 1.165) is 36.8 Å². The molecule has 7 nitrogen and oxygen atoms in total. The number of anilines is 1. The number of nitrogens with two attached hydrogens (primary N) is 1. The molecule has 162 valence electrons. The smallest absolute Gasteiger partial charge is 0.190 e. The van der Waals surface area contributed by atoms with Crippen molar-refractivity contribution in [2.24, 2.45) is 0 Å². The van der Waals surface area contributed by atoms with Gasteiger partial charge in [0.2, 0.25) is 0 Å². The van der Waals surface area contributed by atoms with Gasteiger partial charge in [0, 0.05) is 18.3 Å². The van der Waals surface area contributed by atoms with Crippen LogP contribution < -0.4 is 5.73 Å². The largest absolute Gasteiger partial charge is 0.382 e. The average molecular weight is 433 g/mol. The fraction of sp³-hybridized carbons (Fsp3) is 0.217. The third-order valence-corrected chi connectivity index (χ3v) is 5.68. The molecule has 0 amide bonds. The highest BCUT2D eigenvalue weighted by Gasteiger charge is 2.19. The second-order valence-electron chi connectivity index (χ2n) is 7.82. The third kappa shape index (κ3) is 3.82. The van der Waals surface area contributed by atoms with Crippen LogP contribution in [0, 0.1) is 11.6 Å². The van der Waals surface area contributed by atoms with Crippen LogP contribution in [-0.2, 0) is 6.54 Å². The number of hydrogen-bond acceptors (Lipinski definition) is 6. The van der Waals surface area contributed by atoms with Gasteiger partial charge in [-0.25, -0.2) is 13.8 Å². The van der Waals surface area contributed by atoms with Crippen LogP contribution in [0.25, 0.3) is 28.2 Å². The molecule has 0 saturated carbocycles. The van der Waals surface area contributed by atoms with Crippen LogP contribution in [0.1, 0.15) is 18.4 Å². The maximum Gasteiger partial charge on any atom is 0.190 e. The predicted octanol–water partition coefficient (Wildman–Crippen LogP) is 3.85. The van der Waals surface area contributed by atoms with E-state index in [2.05, 4.69) is 37.5 Å². The number of hydrogen-bond donors (Lipinski definition) is 1. The molecule has 0 unspecified atom stereocenters. The molecule has 9 heteroatoms. The lowest BCUT2D eigenvalue weighted by Gasteiger charge is -2.15.